The van der Waals surface area contributed by atoms with Crippen molar-refractivity contribution in [2.45, 2.75) is 30.9 Å². The summed E-state index contributed by atoms with van der Waals surface area (Å²) in [5.41, 5.74) is 1.99. The number of nitrogens with one attached hydrogen (secondary N) is 1. The Kier molecular flexibility index (Phi) is 6.89. The average molecular weight is 419 g/mol. The molecule has 29 heavy (non-hydrogen) atoms. The van der Waals surface area contributed by atoms with Gasteiger partial charge in [-0.3, -0.25) is 4.55 Å². The van der Waals surface area contributed by atoms with Crippen molar-refractivity contribution in [2.75, 3.05) is 19.6 Å². The Morgan fingerprint density at radius 1 is 1.17 bits per heavy atom. The van der Waals surface area contributed by atoms with E-state index >= 15 is 0 Å². The third-order valence-electron chi connectivity index (χ3n) is 5.16. The van der Waals surface area contributed by atoms with E-state index in [-0.39, 0.29) is 11.0 Å². The molecule has 7 nitrogen and oxygen atoms in total. The van der Waals surface area contributed by atoms with Crippen LogP contribution in [0.15, 0.2) is 59.5 Å². The second-order valence-corrected chi connectivity index (χ2v) is 8.76. The molecular formula is C21H26N2O5S. The number of amides is 1. The van der Waals surface area contributed by atoms with E-state index in [0.29, 0.717) is 18.6 Å². The first-order valence-corrected chi connectivity index (χ1v) is 11.0. The van der Waals surface area contributed by atoms with Crippen LogP contribution in [-0.2, 0) is 21.5 Å². The van der Waals surface area contributed by atoms with Crippen LogP contribution in [0.1, 0.15) is 17.5 Å². The number of nitrogens with zero attached hydrogens (tertiary/aromatic N) is 1. The van der Waals surface area contributed by atoms with Gasteiger partial charge in [0, 0.05) is 31.6 Å². The molecule has 0 aromatic heterocycles. The Morgan fingerprint density at radius 3 is 2.41 bits per heavy atom. The number of likely N-dealkylation sites (tertiary alicyclic amines) is 1. The third-order valence-corrected chi connectivity index (χ3v) is 6.03. The summed E-state index contributed by atoms with van der Waals surface area (Å²) in [6, 6.07) is 16.4. The molecular weight excluding hydrogens is 392 g/mol. The molecule has 2 saturated heterocycles. The van der Waals surface area contributed by atoms with Crippen molar-refractivity contribution in [3.8, 4) is 0 Å². The number of ether oxygens (including phenoxy) is 1. The number of hydrogen-bond donors (Lipinski definition) is 2. The SMILES string of the molecule is Cc1ccc(S(=O)(=O)O)cc1.O=C(OCc1ccccc1)N1CC[C@H]2NC[C@H]2C1. The van der Waals surface area contributed by atoms with Crippen molar-refractivity contribution in [2.24, 2.45) is 5.92 Å². The lowest BCUT2D eigenvalue weighted by Crippen LogP contribution is -2.62. The maximum atomic E-state index is 11.9. The maximum absolute atomic E-state index is 11.9. The summed E-state index contributed by atoms with van der Waals surface area (Å²) >= 11 is 0. The van der Waals surface area contributed by atoms with Gasteiger partial charge >= 0.3 is 6.09 Å². The van der Waals surface area contributed by atoms with E-state index in [2.05, 4.69) is 5.32 Å². The summed E-state index contributed by atoms with van der Waals surface area (Å²) in [6.45, 7) is 4.89. The van der Waals surface area contributed by atoms with Gasteiger partial charge < -0.3 is 15.0 Å². The number of benzene rings is 2. The summed E-state index contributed by atoms with van der Waals surface area (Å²) in [7, 11) is -4.02. The van der Waals surface area contributed by atoms with Crippen molar-refractivity contribution >= 4 is 16.2 Å². The molecule has 2 fully saturated rings. The first kappa shape index (κ1) is 21.3. The highest BCUT2D eigenvalue weighted by Crippen LogP contribution is 2.23. The van der Waals surface area contributed by atoms with Crippen molar-refractivity contribution in [1.82, 2.24) is 10.2 Å². The monoisotopic (exact) mass is 418 g/mol. The highest BCUT2D eigenvalue weighted by atomic mass is 32.2. The van der Waals surface area contributed by atoms with E-state index in [1.807, 2.05) is 42.2 Å². The fourth-order valence-electron chi connectivity index (χ4n) is 3.34. The molecule has 2 aliphatic rings. The number of aryl methyl sites for hydroxylation is 1. The van der Waals surface area contributed by atoms with Crippen LogP contribution >= 0.6 is 0 Å². The molecule has 0 aliphatic carbocycles. The maximum Gasteiger partial charge on any atom is 0.410 e. The Labute approximate surface area is 171 Å². The molecule has 1 amide bonds. The van der Waals surface area contributed by atoms with Crippen molar-refractivity contribution in [3.63, 3.8) is 0 Å². The van der Waals surface area contributed by atoms with Crippen molar-refractivity contribution in [3.05, 3.63) is 65.7 Å². The first-order valence-electron chi connectivity index (χ1n) is 9.56. The number of hydrogen-bond acceptors (Lipinski definition) is 5. The van der Waals surface area contributed by atoms with E-state index < -0.39 is 10.1 Å². The molecule has 0 spiro atoms. The molecule has 2 aromatic rings. The summed E-state index contributed by atoms with van der Waals surface area (Å²) in [6.07, 6.45) is 0.870. The molecule has 2 aromatic carbocycles. The average Bonchev–Trinajstić information content (AvgIpc) is 2.68. The molecule has 0 saturated carbocycles. The van der Waals surface area contributed by atoms with Gasteiger partial charge in [-0.05, 0) is 31.0 Å². The van der Waals surface area contributed by atoms with Gasteiger partial charge in [0.1, 0.15) is 6.61 Å². The molecule has 8 heteroatoms. The zero-order chi connectivity index (χ0) is 20.9. The van der Waals surface area contributed by atoms with Crippen LogP contribution in [0.2, 0.25) is 0 Å². The van der Waals surface area contributed by atoms with Crippen molar-refractivity contribution < 1.29 is 22.5 Å². The van der Waals surface area contributed by atoms with Gasteiger partial charge in [-0.2, -0.15) is 8.42 Å². The summed E-state index contributed by atoms with van der Waals surface area (Å²) < 4.78 is 34.9. The number of rotatable bonds is 3. The highest BCUT2D eigenvalue weighted by Gasteiger charge is 2.37. The summed E-state index contributed by atoms with van der Waals surface area (Å²) in [5.74, 6) is 0.628. The molecule has 2 heterocycles. The molecule has 2 N–H and O–H groups in total. The van der Waals surface area contributed by atoms with Crippen molar-refractivity contribution in [1.29, 1.82) is 0 Å². The van der Waals surface area contributed by atoms with Crippen LogP contribution < -0.4 is 5.32 Å². The van der Waals surface area contributed by atoms with Gasteiger partial charge in [-0.25, -0.2) is 4.79 Å². The zero-order valence-electron chi connectivity index (χ0n) is 16.3. The Hall–Kier alpha value is -2.42. The van der Waals surface area contributed by atoms with Gasteiger partial charge in [0.2, 0.25) is 0 Å². The minimum absolute atomic E-state index is 0.0666. The molecule has 2 atom stereocenters. The lowest BCUT2D eigenvalue weighted by atomic mass is 9.85. The Morgan fingerprint density at radius 2 is 1.86 bits per heavy atom. The van der Waals surface area contributed by atoms with Crippen LogP contribution in [0.4, 0.5) is 4.79 Å². The van der Waals surface area contributed by atoms with Gasteiger partial charge in [-0.15, -0.1) is 0 Å². The molecule has 0 unspecified atom stereocenters. The summed E-state index contributed by atoms with van der Waals surface area (Å²) in [5, 5.41) is 3.39. The van der Waals surface area contributed by atoms with E-state index in [9.17, 15) is 13.2 Å². The third kappa shape index (κ3) is 6.03. The smallest absolute Gasteiger partial charge is 0.410 e. The van der Waals surface area contributed by atoms with E-state index in [1.54, 1.807) is 12.1 Å². The second-order valence-electron chi connectivity index (χ2n) is 7.34. The topological polar surface area (TPSA) is 95.9 Å². The van der Waals surface area contributed by atoms with E-state index in [0.717, 1.165) is 37.2 Å². The largest absolute Gasteiger partial charge is 0.445 e. The standard InChI is InChI=1S/C14H18N2O2.C7H8O3S/c17-14(18-10-11-4-2-1-3-5-11)16-7-6-13-12(9-16)8-15-13;1-6-2-4-7(5-3-6)11(8,9)10/h1-5,12-13,15H,6-10H2;2-5H,1H3,(H,8,9,10)/t12-,13+;/m0./s1. The molecule has 4 rings (SSSR count). The van der Waals surface area contributed by atoms with E-state index in [4.69, 9.17) is 9.29 Å². The number of carbonyl (C=O) groups excluding carboxylic acids is 1. The molecule has 0 radical (unpaired) electrons. The van der Waals surface area contributed by atoms with Gasteiger partial charge in [0.15, 0.2) is 0 Å². The predicted molar refractivity (Wildman–Crippen MR) is 109 cm³/mol. The van der Waals surface area contributed by atoms with Crippen LogP contribution in [-0.4, -0.2) is 49.6 Å². The van der Waals surface area contributed by atoms with Crippen LogP contribution in [0.3, 0.4) is 0 Å². The minimum Gasteiger partial charge on any atom is -0.445 e. The van der Waals surface area contributed by atoms with Crippen LogP contribution in [0, 0.1) is 12.8 Å². The quantitative estimate of drug-likeness (QED) is 0.744. The van der Waals surface area contributed by atoms with E-state index in [1.165, 1.54) is 12.1 Å². The zero-order valence-corrected chi connectivity index (χ0v) is 17.1. The summed E-state index contributed by atoms with van der Waals surface area (Å²) in [4.78, 5) is 13.7. The molecule has 0 bridgehead atoms. The Balaban J connectivity index is 0.000000188. The number of carbonyl (C=O) groups is 1. The lowest BCUT2D eigenvalue weighted by Gasteiger charge is -2.45. The minimum atomic E-state index is -4.02. The molecule has 156 valence electrons. The second kappa shape index (κ2) is 9.39. The van der Waals surface area contributed by atoms with Crippen LogP contribution in [0.5, 0.6) is 0 Å². The highest BCUT2D eigenvalue weighted by molar-refractivity contribution is 7.85. The number of fused-ring (bicyclic) bond motifs is 1. The fourth-order valence-corrected chi connectivity index (χ4v) is 3.82. The fraction of sp³-hybridized carbons (Fsp3) is 0.381. The number of piperidine rings is 1. The first-order chi connectivity index (χ1) is 13.8. The normalized spacial score (nSPS) is 20.6. The van der Waals surface area contributed by atoms with Gasteiger partial charge in [0.05, 0.1) is 4.90 Å². The lowest BCUT2D eigenvalue weighted by molar-refractivity contribution is 0.0508. The van der Waals surface area contributed by atoms with Gasteiger partial charge in [-0.1, -0.05) is 48.0 Å². The Bertz CT molecular complexity index is 916. The molecule has 2 aliphatic heterocycles. The van der Waals surface area contributed by atoms with Gasteiger partial charge in [0.25, 0.3) is 10.1 Å². The predicted octanol–water partition coefficient (Wildman–Crippen LogP) is 2.86. The van der Waals surface area contributed by atoms with Crippen LogP contribution in [0.25, 0.3) is 0 Å².